The van der Waals surface area contributed by atoms with Gasteiger partial charge < -0.3 is 10.2 Å². The number of hydrogen-bond donors (Lipinski definition) is 3. The van der Waals surface area contributed by atoms with E-state index >= 15 is 0 Å². The fraction of sp³-hybridized carbons (Fsp3) is 0.435. The van der Waals surface area contributed by atoms with Crippen molar-refractivity contribution < 1.29 is 22.4 Å². The summed E-state index contributed by atoms with van der Waals surface area (Å²) < 4.78 is 52.2. The van der Waals surface area contributed by atoms with Crippen molar-refractivity contribution in [3.63, 3.8) is 0 Å². The molecule has 3 N–H and O–H groups in total. The summed E-state index contributed by atoms with van der Waals surface area (Å²) in [5, 5.41) is 2.35. The van der Waals surface area contributed by atoms with Gasteiger partial charge in [-0.1, -0.05) is 37.1 Å². The number of carbonyl (C=O) groups is 1. The maximum Gasteiger partial charge on any atom is 0.418 e. The standard InChI is InChI=1S/C23H28F4N4O/c1-31(22(32)28-20-9-5-4-8-19(20)23(25,26)27)14-6-2-3-7-18-15-21(30-29-18)16-10-12-17(24)13-11-16/h4-5,8-13,18,21,29-30H,2-3,6-7,14-15H2,1H3,(H,28,32). The number of carbonyl (C=O) groups excluding carboxylic acids is 1. The van der Waals surface area contributed by atoms with Crippen LogP contribution in [0.15, 0.2) is 48.5 Å². The van der Waals surface area contributed by atoms with E-state index in [1.54, 1.807) is 19.2 Å². The number of hydrogen-bond acceptors (Lipinski definition) is 3. The number of nitrogens with one attached hydrogen (secondary N) is 3. The molecule has 2 aromatic rings. The van der Waals surface area contributed by atoms with Crippen LogP contribution in [0.4, 0.5) is 28.0 Å². The zero-order valence-corrected chi connectivity index (χ0v) is 17.9. The van der Waals surface area contributed by atoms with Crippen molar-refractivity contribution in [3.8, 4) is 0 Å². The van der Waals surface area contributed by atoms with Crippen molar-refractivity contribution in [1.29, 1.82) is 0 Å². The molecule has 32 heavy (non-hydrogen) atoms. The summed E-state index contributed by atoms with van der Waals surface area (Å²) in [4.78, 5) is 13.7. The van der Waals surface area contributed by atoms with Gasteiger partial charge in [0, 0.05) is 25.7 Å². The highest BCUT2D eigenvalue weighted by Crippen LogP contribution is 2.34. The van der Waals surface area contributed by atoms with Crippen LogP contribution in [0.5, 0.6) is 0 Å². The molecule has 2 amide bonds. The van der Waals surface area contributed by atoms with Gasteiger partial charge in [0.05, 0.1) is 11.3 Å². The van der Waals surface area contributed by atoms with Crippen molar-refractivity contribution in [2.45, 2.75) is 50.4 Å². The number of rotatable bonds is 8. The van der Waals surface area contributed by atoms with Gasteiger partial charge in [0.2, 0.25) is 0 Å². The maximum atomic E-state index is 13.1. The molecule has 5 nitrogen and oxygen atoms in total. The van der Waals surface area contributed by atoms with Gasteiger partial charge in [-0.2, -0.15) is 13.2 Å². The number of para-hydroxylation sites is 1. The molecule has 2 atom stereocenters. The van der Waals surface area contributed by atoms with Crippen LogP contribution in [0, 0.1) is 5.82 Å². The largest absolute Gasteiger partial charge is 0.418 e. The lowest BCUT2D eigenvalue weighted by molar-refractivity contribution is -0.136. The Morgan fingerprint density at radius 2 is 1.78 bits per heavy atom. The highest BCUT2D eigenvalue weighted by molar-refractivity contribution is 5.90. The Kier molecular flexibility index (Phi) is 8.09. The Bertz CT molecular complexity index is 888. The van der Waals surface area contributed by atoms with Gasteiger partial charge in [0.15, 0.2) is 0 Å². The minimum atomic E-state index is -4.53. The fourth-order valence-corrected chi connectivity index (χ4v) is 3.79. The molecule has 1 aliphatic heterocycles. The first kappa shape index (κ1) is 24.0. The Morgan fingerprint density at radius 1 is 1.06 bits per heavy atom. The number of benzene rings is 2. The van der Waals surface area contributed by atoms with E-state index < -0.39 is 17.8 Å². The lowest BCUT2D eigenvalue weighted by Gasteiger charge is -2.20. The van der Waals surface area contributed by atoms with Gasteiger partial charge in [0.1, 0.15) is 5.82 Å². The summed E-state index contributed by atoms with van der Waals surface area (Å²) in [6, 6.07) is 11.3. The van der Waals surface area contributed by atoms with Gasteiger partial charge in [-0.3, -0.25) is 10.9 Å². The minimum Gasteiger partial charge on any atom is -0.328 e. The van der Waals surface area contributed by atoms with E-state index in [2.05, 4.69) is 16.2 Å². The van der Waals surface area contributed by atoms with E-state index in [1.807, 2.05) is 0 Å². The Balaban J connectivity index is 1.35. The number of urea groups is 1. The summed E-state index contributed by atoms with van der Waals surface area (Å²) in [6.45, 7) is 0.453. The zero-order valence-electron chi connectivity index (χ0n) is 17.9. The number of anilines is 1. The van der Waals surface area contributed by atoms with E-state index in [1.165, 1.54) is 35.2 Å². The highest BCUT2D eigenvalue weighted by Gasteiger charge is 2.33. The number of amides is 2. The first-order valence-corrected chi connectivity index (χ1v) is 10.7. The van der Waals surface area contributed by atoms with E-state index in [-0.39, 0.29) is 17.5 Å². The predicted molar refractivity (Wildman–Crippen MR) is 115 cm³/mol. The fourth-order valence-electron chi connectivity index (χ4n) is 3.79. The number of alkyl halides is 3. The van der Waals surface area contributed by atoms with Crippen LogP contribution in [0.2, 0.25) is 0 Å². The Hall–Kier alpha value is -2.65. The summed E-state index contributed by atoms with van der Waals surface area (Å²) in [7, 11) is 1.57. The first-order valence-electron chi connectivity index (χ1n) is 10.7. The van der Waals surface area contributed by atoms with Crippen LogP contribution >= 0.6 is 0 Å². The molecular weight excluding hydrogens is 424 g/mol. The van der Waals surface area contributed by atoms with Crippen LogP contribution in [0.3, 0.4) is 0 Å². The van der Waals surface area contributed by atoms with Crippen LogP contribution in [0.25, 0.3) is 0 Å². The maximum absolute atomic E-state index is 13.1. The zero-order chi connectivity index (χ0) is 23.1. The van der Waals surface area contributed by atoms with Gasteiger partial charge in [-0.25, -0.2) is 9.18 Å². The van der Waals surface area contributed by atoms with Crippen LogP contribution < -0.4 is 16.2 Å². The van der Waals surface area contributed by atoms with Crippen molar-refractivity contribution >= 4 is 11.7 Å². The summed E-state index contributed by atoms with van der Waals surface area (Å²) in [6.07, 6.45) is -0.0439. The molecule has 1 heterocycles. The summed E-state index contributed by atoms with van der Waals surface area (Å²) >= 11 is 0. The molecule has 2 aromatic carbocycles. The second kappa shape index (κ2) is 10.8. The third-order valence-corrected chi connectivity index (χ3v) is 5.62. The normalized spacial score (nSPS) is 18.5. The average molecular weight is 452 g/mol. The lowest BCUT2D eigenvalue weighted by atomic mass is 9.99. The summed E-state index contributed by atoms with van der Waals surface area (Å²) in [5.41, 5.74) is 6.45. The van der Waals surface area contributed by atoms with E-state index in [9.17, 15) is 22.4 Å². The highest BCUT2D eigenvalue weighted by atomic mass is 19.4. The van der Waals surface area contributed by atoms with Crippen LogP contribution in [-0.2, 0) is 6.18 Å². The molecule has 3 rings (SSSR count). The Labute approximate surface area is 185 Å². The molecule has 2 unspecified atom stereocenters. The monoisotopic (exact) mass is 452 g/mol. The predicted octanol–water partition coefficient (Wildman–Crippen LogP) is 5.48. The van der Waals surface area contributed by atoms with Crippen molar-refractivity contribution in [2.75, 3.05) is 18.9 Å². The molecule has 0 bridgehead atoms. The summed E-state index contributed by atoms with van der Waals surface area (Å²) in [5.74, 6) is -0.250. The molecule has 0 aromatic heterocycles. The smallest absolute Gasteiger partial charge is 0.328 e. The van der Waals surface area contributed by atoms with E-state index in [0.29, 0.717) is 12.6 Å². The van der Waals surface area contributed by atoms with Crippen LogP contribution in [-0.4, -0.2) is 30.6 Å². The molecule has 174 valence electrons. The number of halogens is 4. The molecule has 1 fully saturated rings. The van der Waals surface area contributed by atoms with Gasteiger partial charge in [-0.15, -0.1) is 0 Å². The number of hydrazine groups is 1. The minimum absolute atomic E-state index is 0.148. The first-order chi connectivity index (χ1) is 15.2. The molecule has 0 radical (unpaired) electrons. The van der Waals surface area contributed by atoms with Gasteiger partial charge in [0.25, 0.3) is 0 Å². The van der Waals surface area contributed by atoms with Crippen molar-refractivity contribution in [3.05, 3.63) is 65.5 Å². The third kappa shape index (κ3) is 6.67. The second-order valence-electron chi connectivity index (χ2n) is 8.07. The molecule has 1 saturated heterocycles. The van der Waals surface area contributed by atoms with E-state index in [0.717, 1.165) is 43.7 Å². The molecule has 0 aliphatic carbocycles. The lowest BCUT2D eigenvalue weighted by Crippen LogP contribution is -2.33. The third-order valence-electron chi connectivity index (χ3n) is 5.62. The molecule has 1 aliphatic rings. The molecular formula is C23H28F4N4O. The number of unbranched alkanes of at least 4 members (excludes halogenated alkanes) is 2. The average Bonchev–Trinajstić information content (AvgIpc) is 3.22. The topological polar surface area (TPSA) is 56.4 Å². The van der Waals surface area contributed by atoms with Gasteiger partial charge in [-0.05, 0) is 49.1 Å². The SMILES string of the molecule is CN(CCCCCC1CC(c2ccc(F)cc2)NN1)C(=O)Nc1ccccc1C(F)(F)F. The molecule has 0 spiro atoms. The molecule has 0 saturated carbocycles. The van der Waals surface area contributed by atoms with Crippen molar-refractivity contribution in [2.24, 2.45) is 0 Å². The van der Waals surface area contributed by atoms with Gasteiger partial charge >= 0.3 is 12.2 Å². The van der Waals surface area contributed by atoms with E-state index in [4.69, 9.17) is 0 Å². The van der Waals surface area contributed by atoms with Crippen LogP contribution in [0.1, 0.15) is 49.3 Å². The Morgan fingerprint density at radius 3 is 2.50 bits per heavy atom. The molecule has 9 heteroatoms. The number of nitrogens with zero attached hydrogens (tertiary/aromatic N) is 1. The van der Waals surface area contributed by atoms with Crippen molar-refractivity contribution in [1.82, 2.24) is 15.8 Å². The second-order valence-corrected chi connectivity index (χ2v) is 8.07. The quantitative estimate of drug-likeness (QED) is 0.367.